The van der Waals surface area contributed by atoms with Gasteiger partial charge in [-0.15, -0.1) is 0 Å². The summed E-state index contributed by atoms with van der Waals surface area (Å²) >= 11 is 0. The van der Waals surface area contributed by atoms with E-state index < -0.39 is 10.0 Å². The van der Waals surface area contributed by atoms with Gasteiger partial charge in [0.2, 0.25) is 15.9 Å². The molecule has 0 aliphatic heterocycles. The number of carbonyl (C=O) groups excluding carboxylic acids is 1. The third-order valence-corrected chi connectivity index (χ3v) is 5.03. The molecule has 1 N–H and O–H groups in total. The van der Waals surface area contributed by atoms with E-state index in [1.165, 1.54) is 0 Å². The van der Waals surface area contributed by atoms with Crippen LogP contribution in [-0.2, 0) is 14.8 Å². The number of benzene rings is 2. The Bertz CT molecular complexity index is 843. The van der Waals surface area contributed by atoms with E-state index >= 15 is 0 Å². The molecule has 2 aromatic rings. The van der Waals surface area contributed by atoms with Crippen molar-refractivity contribution in [3.05, 3.63) is 59.2 Å². The number of nitrogens with zero attached hydrogens (tertiary/aromatic N) is 1. The van der Waals surface area contributed by atoms with Crippen molar-refractivity contribution in [2.24, 2.45) is 0 Å². The molecule has 0 unspecified atom stereocenters. The monoisotopic (exact) mass is 346 g/mol. The lowest BCUT2D eigenvalue weighted by atomic mass is 10.1. The number of hydrogen-bond donors (Lipinski definition) is 1. The number of hydrogen-bond acceptors (Lipinski definition) is 3. The number of anilines is 2. The first-order chi connectivity index (χ1) is 11.2. The lowest BCUT2D eigenvalue weighted by Crippen LogP contribution is -2.37. The molecule has 0 spiro atoms. The molecule has 0 aliphatic rings. The van der Waals surface area contributed by atoms with Gasteiger partial charge in [-0.3, -0.25) is 9.10 Å². The molecule has 0 aliphatic carbocycles. The molecule has 5 nitrogen and oxygen atoms in total. The average molecular weight is 346 g/mol. The highest BCUT2D eigenvalue weighted by atomic mass is 32.2. The summed E-state index contributed by atoms with van der Waals surface area (Å²) in [6.45, 7) is 5.52. The standard InChI is InChI=1S/C18H22N2O3S/c1-13-8-10-16(11-9-13)20(24(4,22)23)12-18(21)19-17-7-5-6-14(2)15(17)3/h5-11H,12H2,1-4H3,(H,19,21). The van der Waals surface area contributed by atoms with Gasteiger partial charge in [-0.1, -0.05) is 29.8 Å². The number of nitrogens with one attached hydrogen (secondary N) is 1. The first-order valence-corrected chi connectivity index (χ1v) is 9.44. The van der Waals surface area contributed by atoms with Crippen molar-refractivity contribution >= 4 is 27.3 Å². The van der Waals surface area contributed by atoms with Crippen molar-refractivity contribution in [3.63, 3.8) is 0 Å². The van der Waals surface area contributed by atoms with Crippen LogP contribution in [0.3, 0.4) is 0 Å². The van der Waals surface area contributed by atoms with Gasteiger partial charge in [0, 0.05) is 5.69 Å². The fourth-order valence-electron chi connectivity index (χ4n) is 2.32. The molecule has 0 aromatic heterocycles. The third-order valence-electron chi connectivity index (χ3n) is 3.89. The number of aryl methyl sites for hydroxylation is 2. The van der Waals surface area contributed by atoms with Gasteiger partial charge in [-0.25, -0.2) is 8.42 Å². The molecule has 2 rings (SSSR count). The van der Waals surface area contributed by atoms with Crippen LogP contribution in [-0.4, -0.2) is 27.1 Å². The zero-order valence-electron chi connectivity index (χ0n) is 14.3. The summed E-state index contributed by atoms with van der Waals surface area (Å²) in [4.78, 5) is 12.4. The highest BCUT2D eigenvalue weighted by Gasteiger charge is 2.21. The van der Waals surface area contributed by atoms with Crippen LogP contribution in [0, 0.1) is 20.8 Å². The van der Waals surface area contributed by atoms with Crippen molar-refractivity contribution in [2.45, 2.75) is 20.8 Å². The van der Waals surface area contributed by atoms with E-state index in [1.807, 2.05) is 45.0 Å². The van der Waals surface area contributed by atoms with Crippen LogP contribution < -0.4 is 9.62 Å². The molecule has 0 saturated heterocycles. The Balaban J connectivity index is 2.22. The predicted octanol–water partition coefficient (Wildman–Crippen LogP) is 3.02. The Morgan fingerprint density at radius 3 is 2.25 bits per heavy atom. The summed E-state index contributed by atoms with van der Waals surface area (Å²) in [7, 11) is -3.56. The molecule has 0 radical (unpaired) electrons. The lowest BCUT2D eigenvalue weighted by Gasteiger charge is -2.22. The molecule has 128 valence electrons. The van der Waals surface area contributed by atoms with Gasteiger partial charge in [-0.05, 0) is 50.1 Å². The highest BCUT2D eigenvalue weighted by molar-refractivity contribution is 7.92. The Hall–Kier alpha value is -2.34. The van der Waals surface area contributed by atoms with Crippen LogP contribution in [0.15, 0.2) is 42.5 Å². The van der Waals surface area contributed by atoms with Crippen molar-refractivity contribution in [1.82, 2.24) is 0 Å². The summed E-state index contributed by atoms with van der Waals surface area (Å²) in [6, 6.07) is 12.6. The maximum absolute atomic E-state index is 12.4. The van der Waals surface area contributed by atoms with Crippen LogP contribution in [0.2, 0.25) is 0 Å². The normalized spacial score (nSPS) is 11.2. The van der Waals surface area contributed by atoms with E-state index in [4.69, 9.17) is 0 Å². The zero-order valence-corrected chi connectivity index (χ0v) is 15.1. The fraction of sp³-hybridized carbons (Fsp3) is 0.278. The fourth-order valence-corrected chi connectivity index (χ4v) is 3.17. The molecular formula is C18H22N2O3S. The van der Waals surface area contributed by atoms with Gasteiger partial charge in [0.05, 0.1) is 11.9 Å². The third kappa shape index (κ3) is 4.35. The molecule has 24 heavy (non-hydrogen) atoms. The molecule has 0 bridgehead atoms. The van der Waals surface area contributed by atoms with Crippen molar-refractivity contribution in [1.29, 1.82) is 0 Å². The number of sulfonamides is 1. The number of amides is 1. The van der Waals surface area contributed by atoms with Gasteiger partial charge in [-0.2, -0.15) is 0 Å². The minimum atomic E-state index is -3.56. The molecule has 2 aromatic carbocycles. The SMILES string of the molecule is Cc1ccc(N(CC(=O)Nc2cccc(C)c2C)S(C)(=O)=O)cc1. The van der Waals surface area contributed by atoms with E-state index in [2.05, 4.69) is 5.32 Å². The first-order valence-electron chi connectivity index (χ1n) is 7.59. The summed E-state index contributed by atoms with van der Waals surface area (Å²) in [5, 5.41) is 2.79. The Morgan fingerprint density at radius 1 is 1.04 bits per heavy atom. The van der Waals surface area contributed by atoms with Crippen LogP contribution >= 0.6 is 0 Å². The van der Waals surface area contributed by atoms with Gasteiger partial charge in [0.15, 0.2) is 0 Å². The Labute approximate surface area is 143 Å². The summed E-state index contributed by atoms with van der Waals surface area (Å²) in [5.41, 5.74) is 4.21. The molecule has 0 heterocycles. The van der Waals surface area contributed by atoms with Crippen LogP contribution in [0.25, 0.3) is 0 Å². The summed E-state index contributed by atoms with van der Waals surface area (Å²) < 4.78 is 25.2. The van der Waals surface area contributed by atoms with Gasteiger partial charge >= 0.3 is 0 Å². The van der Waals surface area contributed by atoms with Gasteiger partial charge < -0.3 is 5.32 Å². The molecule has 6 heteroatoms. The summed E-state index contributed by atoms with van der Waals surface area (Å²) in [6.07, 6.45) is 1.10. The van der Waals surface area contributed by atoms with E-state index in [9.17, 15) is 13.2 Å². The predicted molar refractivity (Wildman–Crippen MR) is 97.9 cm³/mol. The minimum Gasteiger partial charge on any atom is -0.324 e. The number of carbonyl (C=O) groups is 1. The van der Waals surface area contributed by atoms with Crippen LogP contribution in [0.5, 0.6) is 0 Å². The zero-order chi connectivity index (χ0) is 17.9. The maximum atomic E-state index is 12.4. The molecule has 0 atom stereocenters. The second-order valence-electron chi connectivity index (χ2n) is 5.90. The van der Waals surface area contributed by atoms with E-state index in [1.54, 1.807) is 18.2 Å². The van der Waals surface area contributed by atoms with Crippen molar-refractivity contribution in [2.75, 3.05) is 22.4 Å². The second-order valence-corrected chi connectivity index (χ2v) is 7.81. The maximum Gasteiger partial charge on any atom is 0.245 e. The first kappa shape index (κ1) is 18.0. The van der Waals surface area contributed by atoms with E-state index in [-0.39, 0.29) is 12.5 Å². The molecular weight excluding hydrogens is 324 g/mol. The minimum absolute atomic E-state index is 0.269. The van der Waals surface area contributed by atoms with E-state index in [0.29, 0.717) is 11.4 Å². The molecule has 0 saturated carbocycles. The van der Waals surface area contributed by atoms with Crippen LogP contribution in [0.4, 0.5) is 11.4 Å². The van der Waals surface area contributed by atoms with Crippen LogP contribution in [0.1, 0.15) is 16.7 Å². The molecule has 1 amide bonds. The smallest absolute Gasteiger partial charge is 0.245 e. The topological polar surface area (TPSA) is 66.5 Å². The van der Waals surface area contributed by atoms with E-state index in [0.717, 1.165) is 27.3 Å². The quantitative estimate of drug-likeness (QED) is 0.905. The summed E-state index contributed by atoms with van der Waals surface area (Å²) in [5.74, 6) is -0.380. The Kier molecular flexibility index (Phi) is 5.29. The average Bonchev–Trinajstić information content (AvgIpc) is 2.49. The van der Waals surface area contributed by atoms with Gasteiger partial charge in [0.1, 0.15) is 6.54 Å². The largest absolute Gasteiger partial charge is 0.324 e. The lowest BCUT2D eigenvalue weighted by molar-refractivity contribution is -0.114. The van der Waals surface area contributed by atoms with Crippen molar-refractivity contribution in [3.8, 4) is 0 Å². The highest BCUT2D eigenvalue weighted by Crippen LogP contribution is 2.20. The van der Waals surface area contributed by atoms with Gasteiger partial charge in [0.25, 0.3) is 0 Å². The second kappa shape index (κ2) is 7.05. The van der Waals surface area contributed by atoms with Crippen molar-refractivity contribution < 1.29 is 13.2 Å². The Morgan fingerprint density at radius 2 is 1.67 bits per heavy atom. The molecule has 0 fully saturated rings. The number of rotatable bonds is 5.